The molecule has 6 rings (SSSR count). The number of carbonyl (C=O) groups excluding carboxylic acids is 5. The highest BCUT2D eigenvalue weighted by Crippen LogP contribution is 2.51. The Morgan fingerprint density at radius 1 is 0.896 bits per heavy atom. The maximum Gasteiger partial charge on any atom is 0.255 e. The summed E-state index contributed by atoms with van der Waals surface area (Å²) in [5, 5.41) is 20.0. The summed E-state index contributed by atoms with van der Waals surface area (Å²) in [6, 6.07) is 15.3. The highest BCUT2D eigenvalue weighted by Gasteiger charge is 2.42. The Bertz CT molecular complexity index is 2500. The number of aromatic nitrogens is 2. The molecule has 67 heavy (non-hydrogen) atoms. The molecule has 0 radical (unpaired) electrons. The Kier molecular flexibility index (Phi) is 16.3. The average molecular weight is 916 g/mol. The van der Waals surface area contributed by atoms with Gasteiger partial charge in [-0.3, -0.25) is 24.0 Å². The van der Waals surface area contributed by atoms with Crippen molar-refractivity contribution in [2.75, 3.05) is 46.4 Å². The lowest BCUT2D eigenvalue weighted by Gasteiger charge is -2.32. The summed E-state index contributed by atoms with van der Waals surface area (Å²) >= 11 is 0. The van der Waals surface area contributed by atoms with Crippen LogP contribution in [-0.4, -0.2) is 109 Å². The number of nitriles is 1. The van der Waals surface area contributed by atoms with Crippen LogP contribution in [0.5, 0.6) is 11.5 Å². The van der Waals surface area contributed by atoms with Crippen molar-refractivity contribution < 1.29 is 33.4 Å². The van der Waals surface area contributed by atoms with Crippen molar-refractivity contribution >= 4 is 29.5 Å². The van der Waals surface area contributed by atoms with E-state index in [0.717, 1.165) is 12.0 Å². The Labute approximate surface area is 390 Å². The molecular formula is C49H61N11O7. The maximum atomic E-state index is 14.7. The van der Waals surface area contributed by atoms with Gasteiger partial charge in [0, 0.05) is 43.2 Å². The van der Waals surface area contributed by atoms with Gasteiger partial charge in [0.05, 0.1) is 23.0 Å². The van der Waals surface area contributed by atoms with Gasteiger partial charge < -0.3 is 52.8 Å². The van der Waals surface area contributed by atoms with Gasteiger partial charge in [-0.2, -0.15) is 5.26 Å². The number of amides is 5. The topological polar surface area (TPSA) is 283 Å². The van der Waals surface area contributed by atoms with Gasteiger partial charge >= 0.3 is 0 Å². The van der Waals surface area contributed by atoms with E-state index in [0.29, 0.717) is 51.0 Å². The first-order chi connectivity index (χ1) is 32.2. The number of hydrogen-bond donors (Lipinski definition) is 7. The van der Waals surface area contributed by atoms with E-state index in [1.54, 1.807) is 50.2 Å². The lowest BCUT2D eigenvalue weighted by atomic mass is 9.92. The molecular weight excluding hydrogens is 855 g/mol. The van der Waals surface area contributed by atoms with E-state index in [-0.39, 0.29) is 63.2 Å². The summed E-state index contributed by atoms with van der Waals surface area (Å²) in [5.41, 5.74) is 23.0. The zero-order valence-electron chi connectivity index (χ0n) is 38.7. The van der Waals surface area contributed by atoms with E-state index in [1.807, 2.05) is 18.2 Å². The smallest absolute Gasteiger partial charge is 0.255 e. The Balaban J connectivity index is 1.37. The second-order valence-corrected chi connectivity index (χ2v) is 17.0. The van der Waals surface area contributed by atoms with Crippen molar-refractivity contribution in [2.45, 2.75) is 89.4 Å². The lowest BCUT2D eigenvalue weighted by Crippen LogP contribution is -2.56. The van der Waals surface area contributed by atoms with Crippen molar-refractivity contribution in [1.29, 1.82) is 5.26 Å². The van der Waals surface area contributed by atoms with Crippen molar-refractivity contribution in [3.05, 3.63) is 94.3 Å². The van der Waals surface area contributed by atoms with Crippen LogP contribution in [0, 0.1) is 25.2 Å². The fraction of sp³-hybridized carbons (Fsp3) is 0.429. The summed E-state index contributed by atoms with van der Waals surface area (Å²) in [5.74, 6) is -2.07. The molecule has 1 aromatic heterocycles. The molecule has 0 unspecified atom stereocenters. The standard InChI is InChI=1S/C49H61N11O7/c1-6-49(16-17-49)34-11-8-32(9-12-34)43-55-28(2)41(29(3)56-43)46(63)58-37(15-18-50)48(65)60(5)42-33-10-14-40(67-24-21-53)36(27-33)35-25-31(7-13-39(35)66-23-20-52)26-38(45(62)54-22-19-51)59-44(61)30(4)57-47(42)64/h7-14,25,27,30,37-38,42H,6,15-18,20-24,26,50,52-53H2,1-5H3,(H,54,62)(H,57,64)(H,58,63)(H,59,61)/t30-,37-,38-,42-/m0/s1. The molecule has 1 aliphatic heterocycles. The van der Waals surface area contributed by atoms with Crippen molar-refractivity contribution in [3.63, 3.8) is 0 Å². The number of rotatable bonds is 17. The van der Waals surface area contributed by atoms with E-state index in [9.17, 15) is 29.2 Å². The number of carbonyl (C=O) groups is 5. The van der Waals surface area contributed by atoms with Gasteiger partial charge in [0.25, 0.3) is 5.91 Å². The lowest BCUT2D eigenvalue weighted by molar-refractivity contribution is -0.141. The number of hydrogen-bond acceptors (Lipinski definition) is 13. The van der Waals surface area contributed by atoms with E-state index in [4.69, 9.17) is 36.6 Å². The van der Waals surface area contributed by atoms with Gasteiger partial charge in [-0.05, 0) is 99.4 Å². The first kappa shape index (κ1) is 49.5. The van der Waals surface area contributed by atoms with Crippen molar-refractivity contribution in [1.82, 2.24) is 36.1 Å². The highest BCUT2D eigenvalue weighted by atomic mass is 16.5. The molecule has 4 atom stereocenters. The molecule has 0 spiro atoms. The molecule has 18 heteroatoms. The molecule has 4 aromatic rings. The van der Waals surface area contributed by atoms with Crippen LogP contribution < -0.4 is 47.9 Å². The summed E-state index contributed by atoms with van der Waals surface area (Å²) < 4.78 is 12.2. The third kappa shape index (κ3) is 11.4. The van der Waals surface area contributed by atoms with Crippen LogP contribution in [0.2, 0.25) is 0 Å². The predicted molar refractivity (Wildman–Crippen MR) is 251 cm³/mol. The zero-order chi connectivity index (χ0) is 48.4. The van der Waals surface area contributed by atoms with Gasteiger partial charge in [0.2, 0.25) is 23.6 Å². The number of aryl methyl sites for hydroxylation is 2. The second kappa shape index (κ2) is 22.0. The molecule has 0 saturated heterocycles. The van der Waals surface area contributed by atoms with Crippen LogP contribution in [0.3, 0.4) is 0 Å². The number of benzene rings is 3. The minimum absolute atomic E-state index is 0.00336. The van der Waals surface area contributed by atoms with Gasteiger partial charge in [-0.15, -0.1) is 0 Å². The molecule has 18 nitrogen and oxygen atoms in total. The fourth-order valence-corrected chi connectivity index (χ4v) is 8.50. The van der Waals surface area contributed by atoms with Crippen molar-refractivity contribution in [3.8, 4) is 40.1 Å². The Morgan fingerprint density at radius 2 is 1.52 bits per heavy atom. The number of nitrogens with zero attached hydrogens (tertiary/aromatic N) is 4. The number of fused-ring (bicyclic) bond motifs is 5. The minimum Gasteiger partial charge on any atom is -0.492 e. The third-order valence-electron chi connectivity index (χ3n) is 12.4. The first-order valence-electron chi connectivity index (χ1n) is 22.6. The molecule has 2 aliphatic rings. The van der Waals surface area contributed by atoms with Crippen LogP contribution >= 0.6 is 0 Å². The first-order valence-corrected chi connectivity index (χ1v) is 22.6. The summed E-state index contributed by atoms with van der Waals surface area (Å²) in [6.07, 6.45) is 3.43. The third-order valence-corrected chi connectivity index (χ3v) is 12.4. The van der Waals surface area contributed by atoms with Gasteiger partial charge in [0.15, 0.2) is 5.82 Å². The summed E-state index contributed by atoms with van der Waals surface area (Å²) in [6.45, 7) is 7.45. The van der Waals surface area contributed by atoms with Gasteiger partial charge in [-0.25, -0.2) is 9.97 Å². The van der Waals surface area contributed by atoms with E-state index >= 15 is 0 Å². The molecule has 3 aromatic carbocycles. The van der Waals surface area contributed by atoms with E-state index in [2.05, 4.69) is 40.3 Å². The normalized spacial score (nSPS) is 17.9. The molecule has 10 N–H and O–H groups in total. The Morgan fingerprint density at radius 3 is 2.10 bits per heavy atom. The van der Waals surface area contributed by atoms with Crippen molar-refractivity contribution in [2.24, 2.45) is 17.2 Å². The molecule has 354 valence electrons. The zero-order valence-corrected chi connectivity index (χ0v) is 38.7. The number of ether oxygens (including phenoxy) is 2. The maximum absolute atomic E-state index is 14.7. The van der Waals surface area contributed by atoms with Crippen LogP contribution in [0.15, 0.2) is 60.7 Å². The largest absolute Gasteiger partial charge is 0.492 e. The van der Waals surface area contributed by atoms with E-state index < -0.39 is 53.7 Å². The average Bonchev–Trinajstić information content (AvgIpc) is 4.12. The molecule has 1 fully saturated rings. The monoisotopic (exact) mass is 915 g/mol. The summed E-state index contributed by atoms with van der Waals surface area (Å²) in [4.78, 5) is 81.2. The number of nitrogens with two attached hydrogens (primary N) is 3. The van der Waals surface area contributed by atoms with Gasteiger partial charge in [-0.1, -0.05) is 43.3 Å². The van der Waals surface area contributed by atoms with E-state index in [1.165, 1.54) is 37.3 Å². The van der Waals surface area contributed by atoms with Crippen LogP contribution in [-0.2, 0) is 31.0 Å². The minimum atomic E-state index is -1.40. The fourth-order valence-electron chi connectivity index (χ4n) is 8.50. The highest BCUT2D eigenvalue weighted by molar-refractivity contribution is 6.00. The molecule has 2 heterocycles. The summed E-state index contributed by atoms with van der Waals surface area (Å²) in [7, 11) is 1.42. The Hall–Kier alpha value is -6.94. The predicted octanol–water partition coefficient (Wildman–Crippen LogP) is 2.38. The van der Waals surface area contributed by atoms with Crippen LogP contribution in [0.4, 0.5) is 0 Å². The van der Waals surface area contributed by atoms with Crippen LogP contribution in [0.25, 0.3) is 22.5 Å². The molecule has 1 saturated carbocycles. The second-order valence-electron chi connectivity index (χ2n) is 17.0. The quantitative estimate of drug-likeness (QED) is 0.0751. The van der Waals surface area contributed by atoms with Crippen LogP contribution in [0.1, 0.15) is 84.0 Å². The molecule has 4 bridgehead atoms. The number of nitrogens with one attached hydrogen (secondary N) is 4. The molecule has 5 amide bonds. The molecule has 1 aliphatic carbocycles. The SMILES string of the molecule is CCC1(c2ccc(-c3nc(C)c(C(=O)N[C@@H](CCN)C(=O)N(C)[C@@H]4C(=O)N[C@@H](C)C(=O)N[C@H](C(=O)NCC#N)Cc5ccc(OCCN)c(c5)-c5cc4ccc5OCCN)c(C)n3)cc2)CC1. The number of likely N-dealkylation sites (N-methyl/N-ethyl adjacent to an activating group) is 1. The van der Waals surface area contributed by atoms with Gasteiger partial charge in [0.1, 0.15) is 55.4 Å².